The van der Waals surface area contributed by atoms with Crippen LogP contribution in [0.25, 0.3) is 6.08 Å². The predicted molar refractivity (Wildman–Crippen MR) is 112 cm³/mol. The highest BCUT2D eigenvalue weighted by atomic mass is 32.2. The Hall–Kier alpha value is -3.18. The number of alkyl halides is 3. The summed E-state index contributed by atoms with van der Waals surface area (Å²) < 4.78 is 71.0. The Morgan fingerprint density at radius 2 is 1.72 bits per heavy atom. The van der Waals surface area contributed by atoms with E-state index in [1.807, 2.05) is 4.72 Å². The molecule has 1 unspecified atom stereocenters. The first-order chi connectivity index (χ1) is 14.9. The molecule has 0 aliphatic carbocycles. The lowest BCUT2D eigenvalue weighted by molar-refractivity contribution is -0.140. The van der Waals surface area contributed by atoms with Gasteiger partial charge in [-0.05, 0) is 49.8 Å². The molecule has 0 fully saturated rings. The number of benzene rings is 2. The largest absolute Gasteiger partial charge is 0.463 e. The number of anilines is 1. The van der Waals surface area contributed by atoms with E-state index < -0.39 is 44.6 Å². The fourth-order valence-corrected chi connectivity index (χ4v) is 4.00. The predicted octanol–water partition coefficient (Wildman–Crippen LogP) is 3.59. The van der Waals surface area contributed by atoms with Crippen LogP contribution >= 0.6 is 0 Å². The summed E-state index contributed by atoms with van der Waals surface area (Å²) in [6.07, 6.45) is -2.12. The molecule has 0 aromatic heterocycles. The maximum absolute atomic E-state index is 13.1. The number of sulfonamides is 1. The van der Waals surface area contributed by atoms with E-state index >= 15 is 0 Å². The van der Waals surface area contributed by atoms with Crippen LogP contribution in [-0.2, 0) is 30.5 Å². The molecule has 32 heavy (non-hydrogen) atoms. The summed E-state index contributed by atoms with van der Waals surface area (Å²) in [5, 5.41) is 2.47. The summed E-state index contributed by atoms with van der Waals surface area (Å²) in [6, 6.07) is 8.57. The van der Waals surface area contributed by atoms with Gasteiger partial charge in [0.2, 0.25) is 15.9 Å². The fraction of sp³-hybridized carbons (Fsp3) is 0.238. The molecule has 2 aromatic rings. The third-order valence-corrected chi connectivity index (χ3v) is 5.68. The molecule has 0 heterocycles. The summed E-state index contributed by atoms with van der Waals surface area (Å²) in [5.74, 6) is -1.27. The number of halogens is 3. The molecule has 0 saturated carbocycles. The van der Waals surface area contributed by atoms with Gasteiger partial charge in [-0.2, -0.15) is 17.9 Å². The lowest BCUT2D eigenvalue weighted by atomic mass is 10.2. The highest BCUT2D eigenvalue weighted by molar-refractivity contribution is 7.89. The van der Waals surface area contributed by atoms with Crippen LogP contribution in [0.2, 0.25) is 0 Å². The van der Waals surface area contributed by atoms with Crippen LogP contribution < -0.4 is 10.0 Å². The smallest absolute Gasteiger partial charge is 0.417 e. The molecule has 0 aliphatic rings. The van der Waals surface area contributed by atoms with E-state index in [0.717, 1.165) is 18.2 Å². The monoisotopic (exact) mass is 470 g/mol. The van der Waals surface area contributed by atoms with Gasteiger partial charge >= 0.3 is 12.1 Å². The lowest BCUT2D eigenvalue weighted by Gasteiger charge is -2.17. The first-order valence-electron chi connectivity index (χ1n) is 9.38. The molecule has 11 heteroatoms. The highest BCUT2D eigenvalue weighted by Gasteiger charge is 2.37. The van der Waals surface area contributed by atoms with Crippen molar-refractivity contribution in [3.05, 3.63) is 65.7 Å². The maximum atomic E-state index is 13.1. The molecule has 1 atom stereocenters. The van der Waals surface area contributed by atoms with Gasteiger partial charge in [-0.25, -0.2) is 13.2 Å². The third kappa shape index (κ3) is 6.92. The number of ether oxygens (including phenoxy) is 1. The van der Waals surface area contributed by atoms with Crippen LogP contribution in [-0.4, -0.2) is 32.9 Å². The van der Waals surface area contributed by atoms with Crippen molar-refractivity contribution in [2.24, 2.45) is 0 Å². The number of carbonyl (C=O) groups excluding carboxylic acids is 2. The van der Waals surface area contributed by atoms with Crippen molar-refractivity contribution in [2.45, 2.75) is 31.0 Å². The van der Waals surface area contributed by atoms with Gasteiger partial charge in [0.1, 0.15) is 0 Å². The molecule has 2 aromatic carbocycles. The Kier molecular flexibility index (Phi) is 8.17. The average molecular weight is 470 g/mol. The molecule has 2 N–H and O–H groups in total. The summed E-state index contributed by atoms with van der Waals surface area (Å²) >= 11 is 0. The number of hydrogen-bond donors (Lipinski definition) is 2. The number of rotatable bonds is 8. The second kappa shape index (κ2) is 10.4. The second-order valence-electron chi connectivity index (χ2n) is 6.53. The first kappa shape index (κ1) is 25.1. The second-order valence-corrected chi connectivity index (χ2v) is 8.22. The van der Waals surface area contributed by atoms with Crippen LogP contribution in [0.1, 0.15) is 25.0 Å². The molecular weight excluding hydrogens is 449 g/mol. The Morgan fingerprint density at radius 1 is 1.09 bits per heavy atom. The van der Waals surface area contributed by atoms with Crippen molar-refractivity contribution in [1.29, 1.82) is 0 Å². The van der Waals surface area contributed by atoms with E-state index in [1.54, 1.807) is 19.1 Å². The van der Waals surface area contributed by atoms with Gasteiger partial charge in [0.15, 0.2) is 0 Å². The molecule has 2 rings (SSSR count). The van der Waals surface area contributed by atoms with Crippen molar-refractivity contribution >= 4 is 33.7 Å². The Bertz CT molecular complexity index is 1100. The minimum atomic E-state index is -4.87. The average Bonchev–Trinajstić information content (AvgIpc) is 2.72. The van der Waals surface area contributed by atoms with E-state index in [0.29, 0.717) is 17.3 Å². The van der Waals surface area contributed by atoms with Crippen LogP contribution in [0.5, 0.6) is 0 Å². The van der Waals surface area contributed by atoms with Gasteiger partial charge in [0.25, 0.3) is 0 Å². The van der Waals surface area contributed by atoms with Crippen LogP contribution in [0.15, 0.2) is 59.5 Å². The maximum Gasteiger partial charge on any atom is 0.417 e. The van der Waals surface area contributed by atoms with Crippen LogP contribution in [0.3, 0.4) is 0 Å². The zero-order valence-electron chi connectivity index (χ0n) is 17.1. The van der Waals surface area contributed by atoms with Gasteiger partial charge in [-0.3, -0.25) is 4.79 Å². The first-order valence-corrected chi connectivity index (χ1v) is 10.9. The highest BCUT2D eigenvalue weighted by Crippen LogP contribution is 2.33. The molecule has 7 nitrogen and oxygen atoms in total. The van der Waals surface area contributed by atoms with Crippen LogP contribution in [0, 0.1) is 0 Å². The molecule has 0 bridgehead atoms. The lowest BCUT2D eigenvalue weighted by Crippen LogP contribution is -2.42. The molecule has 1 amide bonds. The van der Waals surface area contributed by atoms with E-state index in [-0.39, 0.29) is 6.61 Å². The van der Waals surface area contributed by atoms with Crippen molar-refractivity contribution in [3.8, 4) is 0 Å². The van der Waals surface area contributed by atoms with Gasteiger partial charge in [-0.15, -0.1) is 0 Å². The van der Waals surface area contributed by atoms with Gasteiger partial charge in [0, 0.05) is 11.8 Å². The normalized spacial score (nSPS) is 13.0. The number of nitrogens with one attached hydrogen (secondary N) is 2. The summed E-state index contributed by atoms with van der Waals surface area (Å²) in [7, 11) is -4.62. The van der Waals surface area contributed by atoms with Gasteiger partial charge in [0.05, 0.1) is 23.1 Å². The topological polar surface area (TPSA) is 102 Å². The molecule has 0 aliphatic heterocycles. The minimum absolute atomic E-state index is 0.248. The third-order valence-electron chi connectivity index (χ3n) is 4.08. The summed E-state index contributed by atoms with van der Waals surface area (Å²) in [4.78, 5) is 22.7. The number of carbonyl (C=O) groups is 2. The molecule has 172 valence electrons. The fourth-order valence-electron chi connectivity index (χ4n) is 2.57. The molecule has 0 radical (unpaired) electrons. The minimum Gasteiger partial charge on any atom is -0.463 e. The van der Waals surface area contributed by atoms with Crippen molar-refractivity contribution < 1.29 is 35.9 Å². The number of amides is 1. The van der Waals surface area contributed by atoms with Crippen LogP contribution in [0.4, 0.5) is 18.9 Å². The molecule has 0 saturated heterocycles. The van der Waals surface area contributed by atoms with Gasteiger partial charge < -0.3 is 10.1 Å². The van der Waals surface area contributed by atoms with E-state index in [4.69, 9.17) is 4.74 Å². The number of hydrogen-bond acceptors (Lipinski definition) is 5. The Labute approximate surface area is 183 Å². The van der Waals surface area contributed by atoms with E-state index in [1.165, 1.54) is 31.2 Å². The van der Waals surface area contributed by atoms with E-state index in [2.05, 4.69) is 5.32 Å². The summed E-state index contributed by atoms with van der Waals surface area (Å²) in [6.45, 7) is 3.14. The van der Waals surface area contributed by atoms with Crippen molar-refractivity contribution in [2.75, 3.05) is 11.9 Å². The zero-order chi connectivity index (χ0) is 23.9. The van der Waals surface area contributed by atoms with Crippen molar-refractivity contribution in [3.63, 3.8) is 0 Å². The number of esters is 1. The standard InChI is InChI=1S/C21H21F3N2O5S/c1-3-31-19(27)13-10-15-8-11-16(12-9-15)25-20(28)14(2)26-32(29,30)18-7-5-4-6-17(18)21(22,23)24/h4-14,26H,3H2,1-2H3,(H,25,28)/b13-10+. The van der Waals surface area contributed by atoms with E-state index in [9.17, 15) is 31.2 Å². The zero-order valence-corrected chi connectivity index (χ0v) is 18.0. The Balaban J connectivity index is 2.07. The van der Waals surface area contributed by atoms with Crippen molar-refractivity contribution in [1.82, 2.24) is 4.72 Å². The quantitative estimate of drug-likeness (QED) is 0.454. The van der Waals surface area contributed by atoms with Gasteiger partial charge in [-0.1, -0.05) is 24.3 Å². The SMILES string of the molecule is CCOC(=O)/C=C/c1ccc(NC(=O)C(C)NS(=O)(=O)c2ccccc2C(F)(F)F)cc1. The Morgan fingerprint density at radius 3 is 2.31 bits per heavy atom. The molecular formula is C21H21F3N2O5S. The molecule has 0 spiro atoms. The summed E-state index contributed by atoms with van der Waals surface area (Å²) in [5.41, 5.74) is -0.356.